The Kier molecular flexibility index (Phi) is 4.54. The van der Waals surface area contributed by atoms with Gasteiger partial charge in [-0.05, 0) is 23.6 Å². The van der Waals surface area contributed by atoms with Crippen LogP contribution in [0.1, 0.15) is 11.1 Å². The van der Waals surface area contributed by atoms with E-state index in [1.807, 2.05) is 36.4 Å². The van der Waals surface area contributed by atoms with Gasteiger partial charge in [0.25, 0.3) is 0 Å². The molecule has 0 radical (unpaired) electrons. The van der Waals surface area contributed by atoms with Crippen LogP contribution in [0.5, 0.6) is 11.5 Å². The average Bonchev–Trinajstić information content (AvgIpc) is 2.54. The number of ether oxygens (including phenoxy) is 2. The molecule has 1 atom stereocenters. The Morgan fingerprint density at radius 3 is 2.70 bits per heavy atom. The van der Waals surface area contributed by atoms with Crippen molar-refractivity contribution in [1.29, 1.82) is 0 Å². The fourth-order valence-corrected chi connectivity index (χ4v) is 4.09. The van der Waals surface area contributed by atoms with Gasteiger partial charge in [0.05, 0.1) is 18.9 Å². The number of fused-ring (bicyclic) bond motifs is 1. The van der Waals surface area contributed by atoms with Gasteiger partial charge in [-0.1, -0.05) is 42.5 Å². The maximum absolute atomic E-state index is 12.3. The molecule has 0 bridgehead atoms. The first-order valence-corrected chi connectivity index (χ1v) is 9.05. The normalized spacial score (nSPS) is 17.2. The smallest absolute Gasteiger partial charge is 0.216 e. The molecule has 2 aromatic rings. The first kappa shape index (κ1) is 15.8. The molecule has 6 heteroatoms. The predicted molar refractivity (Wildman–Crippen MR) is 88.2 cm³/mol. The quantitative estimate of drug-likeness (QED) is 0.910. The average molecular weight is 333 g/mol. The van der Waals surface area contributed by atoms with Gasteiger partial charge in [-0.15, -0.1) is 0 Å². The van der Waals surface area contributed by atoms with Crippen molar-refractivity contribution in [2.24, 2.45) is 0 Å². The number of rotatable bonds is 5. The first-order valence-electron chi connectivity index (χ1n) is 7.40. The molecular formula is C17H19NO4S. The second-order valence-corrected chi connectivity index (χ2v) is 7.28. The minimum absolute atomic E-state index is 0.0324. The van der Waals surface area contributed by atoms with E-state index in [4.69, 9.17) is 9.47 Å². The monoisotopic (exact) mass is 333 g/mol. The van der Waals surface area contributed by atoms with Crippen LogP contribution in [0.25, 0.3) is 0 Å². The Morgan fingerprint density at radius 2 is 1.96 bits per heavy atom. The molecule has 0 aromatic heterocycles. The van der Waals surface area contributed by atoms with Crippen LogP contribution in [0.2, 0.25) is 0 Å². The fraction of sp³-hybridized carbons (Fsp3) is 0.294. The van der Waals surface area contributed by atoms with E-state index in [2.05, 4.69) is 4.72 Å². The van der Waals surface area contributed by atoms with Crippen molar-refractivity contribution in [2.45, 2.75) is 18.2 Å². The van der Waals surface area contributed by atoms with Crippen molar-refractivity contribution in [3.05, 3.63) is 59.7 Å². The van der Waals surface area contributed by atoms with Crippen LogP contribution >= 0.6 is 0 Å². The summed E-state index contributed by atoms with van der Waals surface area (Å²) in [4.78, 5) is 0. The fourth-order valence-electron chi connectivity index (χ4n) is 2.72. The molecule has 23 heavy (non-hydrogen) atoms. The van der Waals surface area contributed by atoms with E-state index in [-0.39, 0.29) is 11.8 Å². The molecule has 0 saturated carbocycles. The van der Waals surface area contributed by atoms with Crippen LogP contribution in [0.15, 0.2) is 48.5 Å². The number of benzene rings is 2. The lowest BCUT2D eigenvalue weighted by molar-refractivity contribution is 0.240. The van der Waals surface area contributed by atoms with Crippen LogP contribution in [-0.4, -0.2) is 28.2 Å². The summed E-state index contributed by atoms with van der Waals surface area (Å²) in [7, 11) is -1.82. The topological polar surface area (TPSA) is 64.6 Å². The zero-order valence-corrected chi connectivity index (χ0v) is 13.7. The highest BCUT2D eigenvalue weighted by Gasteiger charge is 2.26. The van der Waals surface area contributed by atoms with E-state index < -0.39 is 10.0 Å². The van der Waals surface area contributed by atoms with Crippen molar-refractivity contribution < 1.29 is 17.9 Å². The van der Waals surface area contributed by atoms with Crippen molar-refractivity contribution in [1.82, 2.24) is 4.72 Å². The van der Waals surface area contributed by atoms with Gasteiger partial charge in [0.15, 0.2) is 11.5 Å². The van der Waals surface area contributed by atoms with Gasteiger partial charge >= 0.3 is 0 Å². The molecule has 1 aliphatic heterocycles. The predicted octanol–water partition coefficient (Wildman–Crippen LogP) is 2.12. The molecule has 1 N–H and O–H groups in total. The Labute approximate surface area is 136 Å². The van der Waals surface area contributed by atoms with Crippen LogP contribution in [0.3, 0.4) is 0 Å². The standard InChI is InChI=1S/C17H19NO4S/c1-21-16-9-5-8-14-10-15(11-22-17(14)16)18-23(19,20)12-13-6-3-2-4-7-13/h2-9,15,18H,10-12H2,1H3/t15-/m0/s1. The van der Waals surface area contributed by atoms with E-state index in [1.165, 1.54) is 0 Å². The number of sulfonamides is 1. The zero-order chi connectivity index (χ0) is 16.3. The van der Waals surface area contributed by atoms with E-state index >= 15 is 0 Å². The molecule has 1 heterocycles. The lowest BCUT2D eigenvalue weighted by atomic mass is 10.0. The lowest BCUT2D eigenvalue weighted by Crippen LogP contribution is -2.43. The van der Waals surface area contributed by atoms with Gasteiger partial charge in [0.1, 0.15) is 6.61 Å². The molecule has 5 nitrogen and oxygen atoms in total. The van der Waals surface area contributed by atoms with E-state index in [0.29, 0.717) is 24.5 Å². The highest BCUT2D eigenvalue weighted by Crippen LogP contribution is 2.34. The second kappa shape index (κ2) is 6.60. The second-order valence-electron chi connectivity index (χ2n) is 5.52. The highest BCUT2D eigenvalue weighted by atomic mass is 32.2. The minimum Gasteiger partial charge on any atom is -0.493 e. The molecule has 2 aromatic carbocycles. The van der Waals surface area contributed by atoms with Crippen LogP contribution in [-0.2, 0) is 22.2 Å². The van der Waals surface area contributed by atoms with Gasteiger partial charge in [0.2, 0.25) is 10.0 Å². The summed E-state index contributed by atoms with van der Waals surface area (Å²) in [5.74, 6) is 1.34. The Hall–Kier alpha value is -2.05. The molecule has 0 spiro atoms. The minimum atomic E-state index is -3.41. The molecule has 1 aliphatic rings. The number of hydrogen-bond acceptors (Lipinski definition) is 4. The van der Waals surface area contributed by atoms with Gasteiger partial charge in [-0.25, -0.2) is 13.1 Å². The largest absolute Gasteiger partial charge is 0.493 e. The lowest BCUT2D eigenvalue weighted by Gasteiger charge is -2.27. The Morgan fingerprint density at radius 1 is 1.17 bits per heavy atom. The summed E-state index contributed by atoms with van der Waals surface area (Å²) in [6, 6.07) is 14.5. The summed E-state index contributed by atoms with van der Waals surface area (Å²) >= 11 is 0. The molecule has 0 aliphatic carbocycles. The van der Waals surface area contributed by atoms with E-state index in [1.54, 1.807) is 19.2 Å². The summed E-state index contributed by atoms with van der Waals surface area (Å²) in [5, 5.41) is 0. The number of methoxy groups -OCH3 is 1. The van der Waals surface area contributed by atoms with E-state index in [0.717, 1.165) is 11.1 Å². The molecule has 3 rings (SSSR count). The third kappa shape index (κ3) is 3.83. The zero-order valence-electron chi connectivity index (χ0n) is 12.9. The molecule has 0 fully saturated rings. The van der Waals surface area contributed by atoms with Gasteiger partial charge in [-0.3, -0.25) is 0 Å². The van der Waals surface area contributed by atoms with Gasteiger partial charge in [0, 0.05) is 0 Å². The maximum Gasteiger partial charge on any atom is 0.216 e. The molecule has 122 valence electrons. The van der Waals surface area contributed by atoms with Gasteiger partial charge in [-0.2, -0.15) is 0 Å². The van der Waals surface area contributed by atoms with Crippen LogP contribution < -0.4 is 14.2 Å². The molecule has 0 saturated heterocycles. The van der Waals surface area contributed by atoms with E-state index in [9.17, 15) is 8.42 Å². The Bertz CT molecular complexity index is 774. The Balaban J connectivity index is 1.69. The highest BCUT2D eigenvalue weighted by molar-refractivity contribution is 7.88. The summed E-state index contributed by atoms with van der Waals surface area (Å²) in [5.41, 5.74) is 1.71. The third-order valence-electron chi connectivity index (χ3n) is 3.72. The van der Waals surface area contributed by atoms with Crippen molar-refractivity contribution in [3.63, 3.8) is 0 Å². The van der Waals surface area contributed by atoms with Crippen molar-refractivity contribution in [2.75, 3.05) is 13.7 Å². The molecule has 0 amide bonds. The number of nitrogens with one attached hydrogen (secondary N) is 1. The maximum atomic E-state index is 12.3. The van der Waals surface area contributed by atoms with Crippen molar-refractivity contribution in [3.8, 4) is 11.5 Å². The molecular weight excluding hydrogens is 314 g/mol. The number of para-hydroxylation sites is 1. The SMILES string of the molecule is COc1cccc2c1OC[C@@H](NS(=O)(=O)Cc1ccccc1)C2. The summed E-state index contributed by atoms with van der Waals surface area (Å²) in [6.07, 6.45) is 0.584. The first-order chi connectivity index (χ1) is 11.1. The van der Waals surface area contributed by atoms with Crippen LogP contribution in [0, 0.1) is 0 Å². The number of hydrogen-bond donors (Lipinski definition) is 1. The summed E-state index contributed by atoms with van der Waals surface area (Å²) in [6.45, 7) is 0.293. The van der Waals surface area contributed by atoms with Crippen molar-refractivity contribution >= 4 is 10.0 Å². The van der Waals surface area contributed by atoms with Crippen LogP contribution in [0.4, 0.5) is 0 Å². The molecule has 0 unspecified atom stereocenters. The third-order valence-corrected chi connectivity index (χ3v) is 5.13. The summed E-state index contributed by atoms with van der Waals surface area (Å²) < 4.78 is 38.3. The van der Waals surface area contributed by atoms with Gasteiger partial charge < -0.3 is 9.47 Å².